The molecule has 0 atom stereocenters. The topological polar surface area (TPSA) is 61.6 Å². The molecule has 0 saturated heterocycles. The van der Waals surface area contributed by atoms with Crippen LogP contribution >= 0.6 is 0 Å². The second-order valence-corrected chi connectivity index (χ2v) is 1.35. The first-order valence-corrected chi connectivity index (χ1v) is 2.36. The van der Waals surface area contributed by atoms with Gasteiger partial charge in [-0.05, 0) is 12.1 Å². The first kappa shape index (κ1) is 5.51. The van der Waals surface area contributed by atoms with E-state index >= 15 is 0 Å². The van der Waals surface area contributed by atoms with Crippen molar-refractivity contribution < 1.29 is 0 Å². The van der Waals surface area contributed by atoms with Gasteiger partial charge in [0.05, 0.1) is 0 Å². The monoisotopic (exact) mass is 120 g/mol. The molecule has 0 bridgehead atoms. The van der Waals surface area contributed by atoms with Gasteiger partial charge in [0.2, 0.25) is 0 Å². The summed E-state index contributed by atoms with van der Waals surface area (Å²) in [5.74, 6) is 0.472. The number of anilines is 1. The summed E-state index contributed by atoms with van der Waals surface area (Å²) in [5.41, 5.74) is 0. The van der Waals surface area contributed by atoms with E-state index in [-0.39, 0.29) is 0 Å². The van der Waals surface area contributed by atoms with Crippen LogP contribution in [-0.4, -0.2) is 10.2 Å². The number of hydrogen-bond acceptors (Lipinski definition) is 4. The molecule has 0 amide bonds. The zero-order valence-electron chi connectivity index (χ0n) is 4.57. The fraction of sp³-hybridized carbons (Fsp3) is 0. The van der Waals surface area contributed by atoms with Crippen LogP contribution in [0.2, 0.25) is 0 Å². The average molecular weight is 120 g/mol. The molecule has 0 radical (unpaired) electrons. The minimum Gasteiger partial charge on any atom is -0.275 e. The molecule has 4 heteroatoms. The molecule has 0 saturated carbocycles. The van der Waals surface area contributed by atoms with E-state index in [2.05, 4.69) is 15.5 Å². The highest BCUT2D eigenvalue weighted by atomic mass is 15.2. The van der Waals surface area contributed by atoms with Crippen LogP contribution in [0.5, 0.6) is 0 Å². The lowest BCUT2D eigenvalue weighted by atomic mass is 10.5. The minimum absolute atomic E-state index is 0.472. The molecule has 0 aliphatic heterocycles. The predicted octanol–water partition coefficient (Wildman–Crippen LogP) is 0.370. The molecule has 0 fully saturated rings. The maximum absolute atomic E-state index is 8.09. The molecule has 0 aliphatic carbocycles. The Bertz CT molecular complexity index is 212. The molecule has 1 rings (SSSR count). The highest BCUT2D eigenvalue weighted by Gasteiger charge is 1.84. The van der Waals surface area contributed by atoms with Crippen molar-refractivity contribution in [3.05, 3.63) is 18.3 Å². The fourth-order valence-corrected chi connectivity index (χ4v) is 0.425. The molecule has 0 aliphatic rings. The van der Waals surface area contributed by atoms with Crippen LogP contribution in [0.1, 0.15) is 0 Å². The van der Waals surface area contributed by atoms with E-state index in [0.29, 0.717) is 5.82 Å². The summed E-state index contributed by atoms with van der Waals surface area (Å²) < 4.78 is 0. The van der Waals surface area contributed by atoms with Gasteiger partial charge in [-0.25, -0.2) is 0 Å². The van der Waals surface area contributed by atoms with E-state index < -0.39 is 0 Å². The number of nitriles is 1. The van der Waals surface area contributed by atoms with Crippen molar-refractivity contribution in [1.29, 1.82) is 5.26 Å². The van der Waals surface area contributed by atoms with Crippen LogP contribution in [0.25, 0.3) is 0 Å². The summed E-state index contributed by atoms with van der Waals surface area (Å²) in [6, 6.07) is 3.36. The Hall–Kier alpha value is -1.63. The molecule has 44 valence electrons. The van der Waals surface area contributed by atoms with Crippen LogP contribution in [0.15, 0.2) is 18.3 Å². The quantitative estimate of drug-likeness (QED) is 0.429. The summed E-state index contributed by atoms with van der Waals surface area (Å²) >= 11 is 0. The minimum atomic E-state index is 0.472. The second-order valence-electron chi connectivity index (χ2n) is 1.35. The maximum Gasteiger partial charge on any atom is 0.182 e. The molecular weight excluding hydrogens is 116 g/mol. The van der Waals surface area contributed by atoms with E-state index in [1.54, 1.807) is 24.5 Å². The Kier molecular flexibility index (Phi) is 1.60. The SMILES string of the molecule is N#CNc1cccnn1. The van der Waals surface area contributed by atoms with Gasteiger partial charge < -0.3 is 0 Å². The highest BCUT2D eigenvalue weighted by Crippen LogP contribution is 1.94. The third-order valence-corrected chi connectivity index (χ3v) is 0.756. The van der Waals surface area contributed by atoms with Gasteiger partial charge in [-0.2, -0.15) is 10.4 Å². The Morgan fingerprint density at radius 2 is 2.56 bits per heavy atom. The van der Waals surface area contributed by atoms with Crippen LogP contribution in [0, 0.1) is 11.5 Å². The summed E-state index contributed by atoms with van der Waals surface area (Å²) in [6.45, 7) is 0. The number of nitrogens with zero attached hydrogens (tertiary/aromatic N) is 3. The van der Waals surface area contributed by atoms with E-state index in [9.17, 15) is 0 Å². The first-order valence-electron chi connectivity index (χ1n) is 2.36. The number of aromatic nitrogens is 2. The van der Waals surface area contributed by atoms with Gasteiger partial charge in [-0.3, -0.25) is 5.32 Å². The Morgan fingerprint density at radius 1 is 1.67 bits per heavy atom. The maximum atomic E-state index is 8.09. The number of nitrogens with one attached hydrogen (secondary N) is 1. The van der Waals surface area contributed by atoms with Crippen molar-refractivity contribution in [2.24, 2.45) is 0 Å². The summed E-state index contributed by atoms with van der Waals surface area (Å²) in [4.78, 5) is 0. The van der Waals surface area contributed by atoms with Gasteiger partial charge in [0.25, 0.3) is 0 Å². The Labute approximate surface area is 52.1 Å². The molecule has 9 heavy (non-hydrogen) atoms. The molecule has 0 aromatic carbocycles. The third kappa shape index (κ3) is 1.39. The van der Waals surface area contributed by atoms with Gasteiger partial charge in [-0.15, -0.1) is 5.10 Å². The number of hydrogen-bond donors (Lipinski definition) is 1. The molecule has 0 unspecified atom stereocenters. The smallest absolute Gasteiger partial charge is 0.182 e. The lowest BCUT2D eigenvalue weighted by Gasteiger charge is -1.88. The van der Waals surface area contributed by atoms with Crippen molar-refractivity contribution >= 4 is 5.82 Å². The van der Waals surface area contributed by atoms with Gasteiger partial charge in [0.15, 0.2) is 12.0 Å². The Balaban J connectivity index is 2.76. The largest absolute Gasteiger partial charge is 0.275 e. The first-order chi connectivity index (χ1) is 4.43. The van der Waals surface area contributed by atoms with Crippen LogP contribution in [0.4, 0.5) is 5.82 Å². The zero-order valence-corrected chi connectivity index (χ0v) is 4.57. The normalized spacial score (nSPS) is 7.89. The van der Waals surface area contributed by atoms with E-state index in [1.807, 2.05) is 0 Å². The van der Waals surface area contributed by atoms with Crippen molar-refractivity contribution in [2.45, 2.75) is 0 Å². The third-order valence-electron chi connectivity index (χ3n) is 0.756. The van der Waals surface area contributed by atoms with Crippen molar-refractivity contribution in [3.63, 3.8) is 0 Å². The summed E-state index contributed by atoms with van der Waals surface area (Å²) in [7, 11) is 0. The molecule has 0 spiro atoms. The highest BCUT2D eigenvalue weighted by molar-refractivity contribution is 5.35. The number of rotatable bonds is 1. The van der Waals surface area contributed by atoms with Gasteiger partial charge in [0.1, 0.15) is 0 Å². The van der Waals surface area contributed by atoms with Crippen molar-refractivity contribution in [3.8, 4) is 6.19 Å². The lowest BCUT2D eigenvalue weighted by molar-refractivity contribution is 1.04. The molecular formula is C5H4N4. The van der Waals surface area contributed by atoms with E-state index in [0.717, 1.165) is 0 Å². The molecule has 1 heterocycles. The van der Waals surface area contributed by atoms with Crippen LogP contribution < -0.4 is 5.32 Å². The standard InChI is InChI=1S/C5H4N4/c6-4-7-5-2-1-3-8-9-5/h1-3H,(H,7,9). The molecule has 1 aromatic rings. The Morgan fingerprint density at radius 3 is 3.11 bits per heavy atom. The molecule has 1 aromatic heterocycles. The summed E-state index contributed by atoms with van der Waals surface area (Å²) in [6.07, 6.45) is 3.28. The van der Waals surface area contributed by atoms with E-state index in [1.165, 1.54) is 0 Å². The van der Waals surface area contributed by atoms with E-state index in [4.69, 9.17) is 5.26 Å². The van der Waals surface area contributed by atoms with Crippen molar-refractivity contribution in [1.82, 2.24) is 10.2 Å². The molecule has 1 N–H and O–H groups in total. The zero-order chi connectivity index (χ0) is 6.53. The van der Waals surface area contributed by atoms with Crippen molar-refractivity contribution in [2.75, 3.05) is 5.32 Å². The molecule has 4 nitrogen and oxygen atoms in total. The van der Waals surface area contributed by atoms with Gasteiger partial charge in [-0.1, -0.05) is 0 Å². The van der Waals surface area contributed by atoms with Crippen LogP contribution in [-0.2, 0) is 0 Å². The lowest BCUT2D eigenvalue weighted by Crippen LogP contribution is -1.91. The van der Waals surface area contributed by atoms with Crippen LogP contribution in [0.3, 0.4) is 0 Å². The van der Waals surface area contributed by atoms with Gasteiger partial charge >= 0.3 is 0 Å². The fourth-order valence-electron chi connectivity index (χ4n) is 0.425. The second kappa shape index (κ2) is 2.62. The van der Waals surface area contributed by atoms with Gasteiger partial charge in [0, 0.05) is 6.20 Å². The predicted molar refractivity (Wildman–Crippen MR) is 31.3 cm³/mol. The summed E-state index contributed by atoms with van der Waals surface area (Å²) in [5, 5.41) is 17.6. The average Bonchev–Trinajstić information content (AvgIpc) is 1.91.